The molecular formula is C32H26N4. The lowest BCUT2D eigenvalue weighted by Crippen LogP contribution is -2.19. The lowest BCUT2D eigenvalue weighted by molar-refractivity contribution is 0.949. The maximum absolute atomic E-state index is 10.3. The second-order valence-electron chi connectivity index (χ2n) is 9.18. The first-order chi connectivity index (χ1) is 17.8. The summed E-state index contributed by atoms with van der Waals surface area (Å²) in [4.78, 5) is 6.51. The molecule has 4 heteroatoms. The first kappa shape index (κ1) is 21.9. The maximum atomic E-state index is 10.3. The van der Waals surface area contributed by atoms with Crippen LogP contribution in [0, 0.1) is 11.3 Å². The molecular weight excluding hydrogens is 440 g/mol. The van der Waals surface area contributed by atoms with Gasteiger partial charge >= 0.3 is 0 Å². The number of anilines is 1. The summed E-state index contributed by atoms with van der Waals surface area (Å²) in [6.45, 7) is 1.98. The van der Waals surface area contributed by atoms with Crippen LogP contribution in [-0.2, 0) is 0 Å². The minimum atomic E-state index is 0.747. The Morgan fingerprint density at radius 1 is 0.694 bits per heavy atom. The predicted molar refractivity (Wildman–Crippen MR) is 146 cm³/mol. The van der Waals surface area contributed by atoms with E-state index in [-0.39, 0.29) is 0 Å². The Morgan fingerprint density at radius 2 is 1.33 bits per heavy atom. The molecule has 4 nitrogen and oxygen atoms in total. The molecule has 0 amide bonds. The fourth-order valence-corrected chi connectivity index (χ4v) is 5.06. The minimum absolute atomic E-state index is 0.747. The second-order valence-corrected chi connectivity index (χ2v) is 9.18. The van der Waals surface area contributed by atoms with Crippen LogP contribution in [0.5, 0.6) is 0 Å². The van der Waals surface area contributed by atoms with Crippen LogP contribution >= 0.6 is 0 Å². The smallest absolute Gasteiger partial charge is 0.102 e. The number of hydrogen-bond acceptors (Lipinski definition) is 3. The van der Waals surface area contributed by atoms with Crippen molar-refractivity contribution in [2.45, 2.75) is 12.8 Å². The van der Waals surface area contributed by atoms with E-state index in [0.717, 1.165) is 65.1 Å². The number of aromatic nitrogens is 2. The Bertz CT molecular complexity index is 1500. The number of imidazole rings is 1. The first-order valence-electron chi connectivity index (χ1n) is 12.4. The Morgan fingerprint density at radius 3 is 1.97 bits per heavy atom. The summed E-state index contributed by atoms with van der Waals surface area (Å²) in [6, 6.07) is 34.4. The van der Waals surface area contributed by atoms with E-state index in [4.69, 9.17) is 0 Å². The topological polar surface area (TPSA) is 44.9 Å². The third-order valence-electron chi connectivity index (χ3n) is 6.98. The van der Waals surface area contributed by atoms with Crippen molar-refractivity contribution in [1.29, 1.82) is 5.26 Å². The average molecular weight is 467 g/mol. The van der Waals surface area contributed by atoms with Gasteiger partial charge in [0.2, 0.25) is 0 Å². The monoisotopic (exact) mass is 466 g/mol. The van der Waals surface area contributed by atoms with Gasteiger partial charge in [0.05, 0.1) is 17.6 Å². The molecule has 1 aromatic heterocycles. The van der Waals surface area contributed by atoms with Crippen molar-refractivity contribution >= 4 is 5.69 Å². The van der Waals surface area contributed by atoms with Crippen molar-refractivity contribution in [3.05, 3.63) is 115 Å². The van der Waals surface area contributed by atoms with E-state index in [2.05, 4.69) is 101 Å². The third kappa shape index (κ3) is 4.16. The summed E-state index contributed by atoms with van der Waals surface area (Å²) in [5, 5.41) is 10.3. The predicted octanol–water partition coefficient (Wildman–Crippen LogP) is 7.35. The first-order valence-corrected chi connectivity index (χ1v) is 12.4. The Kier molecular flexibility index (Phi) is 5.81. The minimum Gasteiger partial charge on any atom is -0.370 e. The van der Waals surface area contributed by atoms with Gasteiger partial charge in [-0.1, -0.05) is 66.7 Å². The van der Waals surface area contributed by atoms with E-state index >= 15 is 0 Å². The van der Waals surface area contributed by atoms with Crippen molar-refractivity contribution in [3.8, 4) is 45.1 Å². The molecule has 0 atom stereocenters. The van der Waals surface area contributed by atoms with Gasteiger partial charge in [-0.2, -0.15) is 5.26 Å². The van der Waals surface area contributed by atoms with Gasteiger partial charge in [-0.05, 0) is 64.9 Å². The van der Waals surface area contributed by atoms with Gasteiger partial charge in [0.25, 0.3) is 0 Å². The normalized spacial score (nSPS) is 13.0. The van der Waals surface area contributed by atoms with Crippen molar-refractivity contribution in [2.75, 3.05) is 18.0 Å². The molecule has 5 aromatic rings. The lowest BCUT2D eigenvalue weighted by atomic mass is 9.92. The Hall–Kier alpha value is -4.62. The summed E-state index contributed by atoms with van der Waals surface area (Å²) in [7, 11) is 0. The van der Waals surface area contributed by atoms with Crippen LogP contribution in [-0.4, -0.2) is 22.6 Å². The van der Waals surface area contributed by atoms with Crippen LogP contribution in [0.15, 0.2) is 110 Å². The molecule has 2 heterocycles. The van der Waals surface area contributed by atoms with E-state index in [1.54, 1.807) is 12.5 Å². The molecule has 0 saturated carbocycles. The number of hydrogen-bond donors (Lipinski definition) is 0. The fraction of sp³-hybridized carbons (Fsp3) is 0.125. The van der Waals surface area contributed by atoms with Crippen LogP contribution in [0.1, 0.15) is 18.4 Å². The summed E-state index contributed by atoms with van der Waals surface area (Å²) < 4.78 is 1.98. The van der Waals surface area contributed by atoms with Crippen LogP contribution in [0.4, 0.5) is 5.69 Å². The van der Waals surface area contributed by atoms with Crippen molar-refractivity contribution in [2.24, 2.45) is 0 Å². The zero-order valence-corrected chi connectivity index (χ0v) is 20.0. The quantitative estimate of drug-likeness (QED) is 0.272. The van der Waals surface area contributed by atoms with Gasteiger partial charge in [0.1, 0.15) is 6.07 Å². The maximum Gasteiger partial charge on any atom is 0.102 e. The van der Waals surface area contributed by atoms with Crippen LogP contribution < -0.4 is 4.90 Å². The molecule has 1 fully saturated rings. The molecule has 1 aliphatic rings. The SMILES string of the molecule is N#Cc1c(-c2ccc(-n3ccnc3)cc2)cc(-c2ccc(-c3ccccc3)cc2)cc1N1CCCC1. The van der Waals surface area contributed by atoms with Crippen LogP contribution in [0.3, 0.4) is 0 Å². The fourth-order valence-electron chi connectivity index (χ4n) is 5.06. The van der Waals surface area contributed by atoms with Gasteiger partial charge < -0.3 is 9.47 Å². The van der Waals surface area contributed by atoms with Crippen LogP contribution in [0.25, 0.3) is 39.1 Å². The molecule has 36 heavy (non-hydrogen) atoms. The van der Waals surface area contributed by atoms with Gasteiger partial charge in [-0.25, -0.2) is 4.98 Å². The molecule has 1 saturated heterocycles. The van der Waals surface area contributed by atoms with E-state index in [9.17, 15) is 5.26 Å². The standard InChI is InChI=1S/C32H26N4/c33-22-31-30(27-12-14-29(15-13-27)36-19-16-34-23-36)20-28(21-32(31)35-17-4-5-18-35)26-10-8-25(9-11-26)24-6-2-1-3-7-24/h1-3,6-16,19-21,23H,4-5,17-18H2. The molecule has 0 unspecified atom stereocenters. The molecule has 1 aliphatic heterocycles. The van der Waals surface area contributed by atoms with Gasteiger partial charge in [0.15, 0.2) is 0 Å². The second kappa shape index (κ2) is 9.56. The number of nitrogens with zero attached hydrogens (tertiary/aromatic N) is 4. The number of rotatable bonds is 5. The highest BCUT2D eigenvalue weighted by molar-refractivity contribution is 5.86. The molecule has 0 bridgehead atoms. The molecule has 174 valence electrons. The molecule has 0 spiro atoms. The summed E-state index contributed by atoms with van der Waals surface area (Å²) in [5.74, 6) is 0. The van der Waals surface area contributed by atoms with E-state index in [1.165, 1.54) is 11.1 Å². The summed E-state index contributed by atoms with van der Waals surface area (Å²) in [6.07, 6.45) is 7.82. The Balaban J connectivity index is 1.45. The summed E-state index contributed by atoms with van der Waals surface area (Å²) >= 11 is 0. The highest BCUT2D eigenvalue weighted by Gasteiger charge is 2.21. The zero-order valence-electron chi connectivity index (χ0n) is 20.0. The van der Waals surface area contributed by atoms with Crippen molar-refractivity contribution < 1.29 is 0 Å². The van der Waals surface area contributed by atoms with E-state index in [0.29, 0.717) is 0 Å². The lowest BCUT2D eigenvalue weighted by Gasteiger charge is -2.22. The molecule has 4 aromatic carbocycles. The van der Waals surface area contributed by atoms with E-state index < -0.39 is 0 Å². The Labute approximate surface area is 211 Å². The number of benzene rings is 4. The van der Waals surface area contributed by atoms with Gasteiger partial charge in [-0.3, -0.25) is 0 Å². The average Bonchev–Trinajstić information content (AvgIpc) is 3.68. The van der Waals surface area contributed by atoms with E-state index in [1.807, 2.05) is 16.8 Å². The molecule has 6 rings (SSSR count). The largest absolute Gasteiger partial charge is 0.370 e. The zero-order chi connectivity index (χ0) is 24.3. The molecule has 0 aliphatic carbocycles. The highest BCUT2D eigenvalue weighted by atomic mass is 15.1. The van der Waals surface area contributed by atoms with Crippen molar-refractivity contribution in [3.63, 3.8) is 0 Å². The van der Waals surface area contributed by atoms with Crippen molar-refractivity contribution in [1.82, 2.24) is 9.55 Å². The highest BCUT2D eigenvalue weighted by Crippen LogP contribution is 2.38. The molecule has 0 radical (unpaired) electrons. The van der Waals surface area contributed by atoms with Crippen LogP contribution in [0.2, 0.25) is 0 Å². The molecule has 0 N–H and O–H groups in total. The number of nitriles is 1. The van der Waals surface area contributed by atoms with Gasteiger partial charge in [-0.15, -0.1) is 0 Å². The summed E-state index contributed by atoms with van der Waals surface area (Å²) in [5.41, 5.74) is 9.52. The van der Waals surface area contributed by atoms with Gasteiger partial charge in [0, 0.05) is 36.7 Å². The third-order valence-corrected chi connectivity index (χ3v) is 6.98.